The van der Waals surface area contributed by atoms with Gasteiger partial charge in [-0.05, 0) is 47.8 Å². The number of halogens is 1. The van der Waals surface area contributed by atoms with Crippen molar-refractivity contribution in [2.75, 3.05) is 12.4 Å². The molecule has 1 aliphatic carbocycles. The summed E-state index contributed by atoms with van der Waals surface area (Å²) < 4.78 is 8.92. The Morgan fingerprint density at radius 2 is 2.26 bits per heavy atom. The Morgan fingerprint density at radius 3 is 2.96 bits per heavy atom. The zero-order valence-corrected chi connectivity index (χ0v) is 19.1. The molecule has 3 rings (SSSR count). The zero-order chi connectivity index (χ0) is 19.2. The third-order valence-corrected chi connectivity index (χ3v) is 6.66. The average molecular weight is 501 g/mol. The van der Waals surface area contributed by atoms with Crippen molar-refractivity contribution in [3.05, 3.63) is 16.0 Å². The maximum absolute atomic E-state index is 12.0. The van der Waals surface area contributed by atoms with E-state index in [0.717, 1.165) is 32.6 Å². The van der Waals surface area contributed by atoms with Crippen LogP contribution < -0.4 is 0 Å². The maximum atomic E-state index is 12.0. The van der Waals surface area contributed by atoms with E-state index in [4.69, 9.17) is 9.72 Å². The molecule has 2 aromatic rings. The summed E-state index contributed by atoms with van der Waals surface area (Å²) in [6.07, 6.45) is 11.6. The normalized spacial score (nSPS) is 15.2. The lowest BCUT2D eigenvalue weighted by Gasteiger charge is -2.14. The molecule has 1 saturated carbocycles. The quantitative estimate of drug-likeness (QED) is 0.173. The van der Waals surface area contributed by atoms with Crippen molar-refractivity contribution in [2.45, 2.75) is 70.0 Å². The van der Waals surface area contributed by atoms with Gasteiger partial charge in [-0.1, -0.05) is 44.9 Å². The van der Waals surface area contributed by atoms with Gasteiger partial charge in [0, 0.05) is 18.0 Å². The zero-order valence-electron chi connectivity index (χ0n) is 16.1. The highest BCUT2D eigenvalue weighted by molar-refractivity contribution is 14.1. The number of aromatic nitrogens is 3. The second kappa shape index (κ2) is 10.1. The molecule has 0 amide bonds. The predicted molar refractivity (Wildman–Crippen MR) is 118 cm³/mol. The summed E-state index contributed by atoms with van der Waals surface area (Å²) in [5.41, 5.74) is 2.13. The Morgan fingerprint density at radius 1 is 1.44 bits per heavy atom. The number of nitrogens with zero attached hydrogens (tertiary/aromatic N) is 3. The number of ether oxygens (including phenoxy) is 1. The third kappa shape index (κ3) is 5.82. The van der Waals surface area contributed by atoms with E-state index in [1.165, 1.54) is 37.4 Å². The van der Waals surface area contributed by atoms with E-state index in [-0.39, 0.29) is 5.97 Å². The molecule has 0 aliphatic heterocycles. The molecule has 0 radical (unpaired) electrons. The van der Waals surface area contributed by atoms with Crippen molar-refractivity contribution in [3.63, 3.8) is 0 Å². The summed E-state index contributed by atoms with van der Waals surface area (Å²) in [7, 11) is 0. The number of thioether (sulfide) groups is 1. The first kappa shape index (κ1) is 20.9. The van der Waals surface area contributed by atoms with Gasteiger partial charge in [0.25, 0.3) is 0 Å². The van der Waals surface area contributed by atoms with Gasteiger partial charge in [-0.15, -0.1) is 0 Å². The molecule has 0 N–H and O–H groups in total. The average Bonchev–Trinajstić information content (AvgIpc) is 3.46. The second-order valence-electron chi connectivity index (χ2n) is 7.20. The minimum Gasteiger partial charge on any atom is -0.465 e. The molecule has 1 atom stereocenters. The van der Waals surface area contributed by atoms with Crippen LogP contribution in [0.25, 0.3) is 11.0 Å². The van der Waals surface area contributed by atoms with Gasteiger partial charge >= 0.3 is 5.97 Å². The molecule has 0 aromatic carbocycles. The first-order valence-electron chi connectivity index (χ1n) is 9.93. The number of hydrogen-bond acceptors (Lipinski definition) is 5. The summed E-state index contributed by atoms with van der Waals surface area (Å²) in [5.74, 6) is 1.02. The van der Waals surface area contributed by atoms with Crippen LogP contribution in [0, 0.1) is 9.49 Å². The van der Waals surface area contributed by atoms with Gasteiger partial charge in [-0.25, -0.2) is 9.97 Å². The van der Waals surface area contributed by atoms with Crippen LogP contribution in [0.5, 0.6) is 0 Å². The van der Waals surface area contributed by atoms with Gasteiger partial charge in [0.15, 0.2) is 5.16 Å². The topological polar surface area (TPSA) is 57.0 Å². The minimum atomic E-state index is -0.118. The van der Waals surface area contributed by atoms with E-state index in [1.54, 1.807) is 0 Å². The Hall–Kier alpha value is -0.830. The van der Waals surface area contributed by atoms with Crippen LogP contribution in [-0.4, -0.2) is 32.9 Å². The van der Waals surface area contributed by atoms with E-state index in [2.05, 4.69) is 52.2 Å². The van der Waals surface area contributed by atoms with E-state index in [9.17, 15) is 4.79 Å². The molecule has 1 fully saturated rings. The number of fused-ring (bicyclic) bond motifs is 1. The molecular weight excluding hydrogens is 473 g/mol. The molecule has 1 aliphatic rings. The summed E-state index contributed by atoms with van der Waals surface area (Å²) in [6, 6.07) is 0.622. The first-order chi connectivity index (χ1) is 13.1. The number of esters is 1. The molecule has 148 valence electrons. The van der Waals surface area contributed by atoms with Crippen molar-refractivity contribution < 1.29 is 9.53 Å². The van der Waals surface area contributed by atoms with Crippen LogP contribution in [0.15, 0.2) is 17.6 Å². The van der Waals surface area contributed by atoms with Crippen LogP contribution >= 0.6 is 34.4 Å². The summed E-state index contributed by atoms with van der Waals surface area (Å²) in [4.78, 5) is 21.2. The van der Waals surface area contributed by atoms with Crippen molar-refractivity contribution in [1.82, 2.24) is 14.5 Å². The fraction of sp³-hybridized carbons (Fsp3) is 0.650. The van der Waals surface area contributed by atoms with Crippen molar-refractivity contribution >= 4 is 51.4 Å². The molecule has 2 heterocycles. The SMILES string of the molecule is CCCCC(CC)COC(=O)CCSc1ncc2c(n1)c(I)cn2C1CC1. The second-order valence-corrected chi connectivity index (χ2v) is 9.42. The number of unbranched alkanes of at least 4 members (excludes halogenated alkanes) is 1. The van der Waals surface area contributed by atoms with Gasteiger partial charge < -0.3 is 9.30 Å². The molecule has 2 aromatic heterocycles. The summed E-state index contributed by atoms with van der Waals surface area (Å²) >= 11 is 3.86. The smallest absolute Gasteiger partial charge is 0.306 e. The maximum Gasteiger partial charge on any atom is 0.306 e. The summed E-state index contributed by atoms with van der Waals surface area (Å²) in [5, 5.41) is 0.733. The third-order valence-electron chi connectivity index (χ3n) is 5.01. The standard InChI is InChI=1S/C20H28IN3O2S/c1-3-5-6-14(4-2)13-26-18(25)9-10-27-20-22-11-17-19(23-20)16(21)12-24(17)15-7-8-15/h11-12,14-15H,3-10,13H2,1-2H3. The molecular formula is C20H28IN3O2S. The molecule has 5 nitrogen and oxygen atoms in total. The van der Waals surface area contributed by atoms with Crippen LogP contribution in [0.1, 0.15) is 64.8 Å². The van der Waals surface area contributed by atoms with Gasteiger partial charge in [0.05, 0.1) is 28.3 Å². The highest BCUT2D eigenvalue weighted by Crippen LogP contribution is 2.38. The highest BCUT2D eigenvalue weighted by Gasteiger charge is 2.26. The minimum absolute atomic E-state index is 0.118. The lowest BCUT2D eigenvalue weighted by atomic mass is 10.0. The van der Waals surface area contributed by atoms with Crippen molar-refractivity contribution in [1.29, 1.82) is 0 Å². The van der Waals surface area contributed by atoms with Gasteiger partial charge in [0.1, 0.15) is 5.52 Å². The van der Waals surface area contributed by atoms with Gasteiger partial charge in [-0.2, -0.15) is 0 Å². The predicted octanol–water partition coefficient (Wildman–Crippen LogP) is 5.61. The van der Waals surface area contributed by atoms with E-state index in [1.807, 2.05) is 6.20 Å². The lowest BCUT2D eigenvalue weighted by molar-refractivity contribution is -0.144. The molecule has 0 spiro atoms. The van der Waals surface area contributed by atoms with E-state index in [0.29, 0.717) is 30.7 Å². The molecule has 7 heteroatoms. The van der Waals surface area contributed by atoms with E-state index < -0.39 is 0 Å². The van der Waals surface area contributed by atoms with E-state index >= 15 is 0 Å². The molecule has 0 saturated heterocycles. The van der Waals surface area contributed by atoms with Crippen LogP contribution in [-0.2, 0) is 9.53 Å². The largest absolute Gasteiger partial charge is 0.465 e. The molecule has 1 unspecified atom stereocenters. The highest BCUT2D eigenvalue weighted by atomic mass is 127. The van der Waals surface area contributed by atoms with Crippen LogP contribution in [0.2, 0.25) is 0 Å². The van der Waals surface area contributed by atoms with Crippen molar-refractivity contribution in [3.8, 4) is 0 Å². The molecule has 27 heavy (non-hydrogen) atoms. The van der Waals surface area contributed by atoms with Crippen molar-refractivity contribution in [2.24, 2.45) is 5.92 Å². The number of carbonyl (C=O) groups is 1. The van der Waals surface area contributed by atoms with Crippen LogP contribution in [0.3, 0.4) is 0 Å². The van der Waals surface area contributed by atoms with Gasteiger partial charge in [0.2, 0.25) is 0 Å². The Labute approximate surface area is 179 Å². The number of hydrogen-bond donors (Lipinski definition) is 0. The molecule has 0 bridgehead atoms. The monoisotopic (exact) mass is 501 g/mol. The number of carbonyl (C=O) groups excluding carboxylic acids is 1. The Bertz CT molecular complexity index is 776. The lowest BCUT2D eigenvalue weighted by Crippen LogP contribution is -2.14. The number of rotatable bonds is 11. The fourth-order valence-corrected chi connectivity index (χ4v) is 4.54. The summed E-state index contributed by atoms with van der Waals surface area (Å²) in [6.45, 7) is 4.90. The Kier molecular flexibility index (Phi) is 7.81. The fourth-order valence-electron chi connectivity index (χ4n) is 3.11. The Balaban J connectivity index is 1.46. The first-order valence-corrected chi connectivity index (χ1v) is 12.0. The van der Waals surface area contributed by atoms with Crippen LogP contribution in [0.4, 0.5) is 0 Å². The van der Waals surface area contributed by atoms with Gasteiger partial charge in [-0.3, -0.25) is 4.79 Å².